The minimum atomic E-state index is -3.26. The van der Waals surface area contributed by atoms with E-state index >= 15 is 0 Å². The molecular formula is C23H39N3O5S. The average Bonchev–Trinajstić information content (AvgIpc) is 3.09. The SMILES string of the molecule is C[C@@H](OCC1CCCCC1)[C@H](NC(=O)C1CS(=O)(=O)CC12CNC2)C(=O)N1CCCCC1. The molecule has 3 saturated heterocycles. The smallest absolute Gasteiger partial charge is 0.247 e. The largest absolute Gasteiger partial charge is 0.376 e. The predicted molar refractivity (Wildman–Crippen MR) is 122 cm³/mol. The third kappa shape index (κ3) is 5.30. The van der Waals surface area contributed by atoms with Crippen LogP contribution in [-0.2, 0) is 24.2 Å². The van der Waals surface area contributed by atoms with Crippen LogP contribution in [0.1, 0.15) is 58.3 Å². The van der Waals surface area contributed by atoms with Gasteiger partial charge in [-0.15, -0.1) is 0 Å². The van der Waals surface area contributed by atoms with Crippen molar-refractivity contribution in [1.82, 2.24) is 15.5 Å². The first kappa shape index (κ1) is 24.0. The topological polar surface area (TPSA) is 105 Å². The first-order valence-corrected chi connectivity index (χ1v) is 14.2. The number of likely N-dealkylation sites (tertiary alicyclic amines) is 1. The van der Waals surface area contributed by atoms with Crippen LogP contribution in [0.15, 0.2) is 0 Å². The van der Waals surface area contributed by atoms with Crippen LogP contribution < -0.4 is 10.6 Å². The number of nitrogens with one attached hydrogen (secondary N) is 2. The Balaban J connectivity index is 1.45. The van der Waals surface area contributed by atoms with Crippen molar-refractivity contribution in [1.29, 1.82) is 0 Å². The summed E-state index contributed by atoms with van der Waals surface area (Å²) >= 11 is 0. The number of rotatable bonds is 7. The highest BCUT2D eigenvalue weighted by Gasteiger charge is 2.57. The summed E-state index contributed by atoms with van der Waals surface area (Å²) in [6, 6.07) is -0.780. The number of nitrogens with zero attached hydrogens (tertiary/aromatic N) is 1. The molecular weight excluding hydrogens is 430 g/mol. The second-order valence-electron chi connectivity index (χ2n) is 10.5. The summed E-state index contributed by atoms with van der Waals surface area (Å²) in [6.45, 7) is 4.93. The van der Waals surface area contributed by atoms with Crippen molar-refractivity contribution in [2.24, 2.45) is 17.3 Å². The summed E-state index contributed by atoms with van der Waals surface area (Å²) in [7, 11) is -3.26. The fourth-order valence-electron chi connectivity index (χ4n) is 5.86. The maximum atomic E-state index is 13.4. The van der Waals surface area contributed by atoms with Crippen LogP contribution in [0.25, 0.3) is 0 Å². The summed E-state index contributed by atoms with van der Waals surface area (Å²) in [5.41, 5.74) is -0.534. The van der Waals surface area contributed by atoms with Gasteiger partial charge in [0.1, 0.15) is 6.04 Å². The zero-order chi connectivity index (χ0) is 22.8. The highest BCUT2D eigenvalue weighted by Crippen LogP contribution is 2.41. The van der Waals surface area contributed by atoms with Crippen molar-refractivity contribution in [3.05, 3.63) is 0 Å². The average molecular weight is 470 g/mol. The van der Waals surface area contributed by atoms with E-state index in [9.17, 15) is 18.0 Å². The molecule has 1 saturated carbocycles. The van der Waals surface area contributed by atoms with E-state index in [-0.39, 0.29) is 23.3 Å². The first-order chi connectivity index (χ1) is 15.3. The van der Waals surface area contributed by atoms with E-state index in [1.807, 2.05) is 11.8 Å². The molecule has 1 spiro atoms. The maximum absolute atomic E-state index is 13.4. The van der Waals surface area contributed by atoms with Gasteiger partial charge in [0.15, 0.2) is 9.84 Å². The van der Waals surface area contributed by atoms with Crippen LogP contribution in [0.3, 0.4) is 0 Å². The van der Waals surface area contributed by atoms with Crippen molar-refractivity contribution in [3.63, 3.8) is 0 Å². The standard InChI is InChI=1S/C23H39N3O5S/c1-17(31-12-18-8-4-2-5-9-18)20(22(28)26-10-6-3-7-11-26)25-21(27)19-13-32(29,30)16-23(19)14-24-15-23/h17-20,24H,2-16H2,1H3,(H,25,27)/t17-,19?,20+/m1/s1. The zero-order valence-electron chi connectivity index (χ0n) is 19.3. The number of amides is 2. The number of sulfone groups is 1. The summed E-state index contributed by atoms with van der Waals surface area (Å²) < 4.78 is 30.8. The molecule has 4 aliphatic rings. The van der Waals surface area contributed by atoms with Crippen molar-refractivity contribution in [3.8, 4) is 0 Å². The van der Waals surface area contributed by atoms with Crippen LogP contribution in [-0.4, -0.2) is 81.6 Å². The molecule has 8 nitrogen and oxygen atoms in total. The Bertz CT molecular complexity index is 785. The van der Waals surface area contributed by atoms with Gasteiger partial charge >= 0.3 is 0 Å². The summed E-state index contributed by atoms with van der Waals surface area (Å²) in [5.74, 6) is -0.619. The predicted octanol–water partition coefficient (Wildman–Crippen LogP) is 1.10. The van der Waals surface area contributed by atoms with Crippen molar-refractivity contribution >= 4 is 21.7 Å². The number of hydrogen-bond donors (Lipinski definition) is 2. The van der Waals surface area contributed by atoms with E-state index in [0.29, 0.717) is 38.7 Å². The normalized spacial score (nSPS) is 29.3. The van der Waals surface area contributed by atoms with Gasteiger partial charge in [0, 0.05) is 38.2 Å². The lowest BCUT2D eigenvalue weighted by Gasteiger charge is -2.43. The van der Waals surface area contributed by atoms with Crippen LogP contribution in [0.5, 0.6) is 0 Å². The van der Waals surface area contributed by atoms with E-state index in [0.717, 1.165) is 32.1 Å². The Kier molecular flexibility index (Phi) is 7.46. The van der Waals surface area contributed by atoms with Gasteiger partial charge < -0.3 is 20.3 Å². The van der Waals surface area contributed by atoms with Gasteiger partial charge in [-0.2, -0.15) is 0 Å². The van der Waals surface area contributed by atoms with Gasteiger partial charge in [0.25, 0.3) is 0 Å². The fraction of sp³-hybridized carbons (Fsp3) is 0.913. The third-order valence-electron chi connectivity index (χ3n) is 7.96. The van der Waals surface area contributed by atoms with Gasteiger partial charge in [-0.1, -0.05) is 19.3 Å². The number of ether oxygens (including phenoxy) is 1. The van der Waals surface area contributed by atoms with E-state index in [4.69, 9.17) is 4.74 Å². The van der Waals surface area contributed by atoms with Gasteiger partial charge in [-0.3, -0.25) is 9.59 Å². The molecule has 0 bridgehead atoms. The number of carbonyl (C=O) groups excluding carboxylic acids is 2. The molecule has 3 aliphatic heterocycles. The molecule has 4 rings (SSSR count). The van der Waals surface area contributed by atoms with Crippen molar-refractivity contribution in [2.45, 2.75) is 70.4 Å². The van der Waals surface area contributed by atoms with E-state index in [2.05, 4.69) is 10.6 Å². The molecule has 1 aliphatic carbocycles. The highest BCUT2D eigenvalue weighted by atomic mass is 32.2. The molecule has 0 aromatic rings. The van der Waals surface area contributed by atoms with Crippen LogP contribution in [0.2, 0.25) is 0 Å². The zero-order valence-corrected chi connectivity index (χ0v) is 20.1. The Morgan fingerprint density at radius 2 is 1.75 bits per heavy atom. The molecule has 1 unspecified atom stereocenters. The van der Waals surface area contributed by atoms with Gasteiger partial charge in [0.05, 0.1) is 23.5 Å². The molecule has 3 atom stereocenters. The van der Waals surface area contributed by atoms with Crippen LogP contribution >= 0.6 is 0 Å². The van der Waals surface area contributed by atoms with Gasteiger partial charge in [-0.25, -0.2) is 8.42 Å². The number of carbonyl (C=O) groups is 2. The molecule has 2 N–H and O–H groups in total. The third-order valence-corrected chi connectivity index (χ3v) is 9.81. The highest BCUT2D eigenvalue weighted by molar-refractivity contribution is 7.91. The molecule has 0 radical (unpaired) electrons. The molecule has 2 amide bonds. The summed E-state index contributed by atoms with van der Waals surface area (Å²) in [4.78, 5) is 28.6. The Morgan fingerprint density at radius 3 is 2.38 bits per heavy atom. The lowest BCUT2D eigenvalue weighted by atomic mass is 9.72. The lowest BCUT2D eigenvalue weighted by Crippen LogP contribution is -2.63. The fourth-order valence-corrected chi connectivity index (χ4v) is 8.27. The summed E-state index contributed by atoms with van der Waals surface area (Å²) in [5, 5.41) is 6.09. The monoisotopic (exact) mass is 469 g/mol. The summed E-state index contributed by atoms with van der Waals surface area (Å²) in [6.07, 6.45) is 8.63. The molecule has 32 heavy (non-hydrogen) atoms. The molecule has 0 aromatic heterocycles. The van der Waals surface area contributed by atoms with Crippen molar-refractivity contribution in [2.75, 3.05) is 44.3 Å². The van der Waals surface area contributed by atoms with Gasteiger partial charge in [0.2, 0.25) is 11.8 Å². The van der Waals surface area contributed by atoms with E-state index < -0.39 is 33.3 Å². The number of hydrogen-bond acceptors (Lipinski definition) is 6. The Hall–Kier alpha value is -1.19. The minimum absolute atomic E-state index is 0.0452. The second kappa shape index (κ2) is 9.97. The lowest BCUT2D eigenvalue weighted by molar-refractivity contribution is -0.144. The Labute approximate surface area is 192 Å². The van der Waals surface area contributed by atoms with Crippen molar-refractivity contribution < 1.29 is 22.7 Å². The molecule has 0 aromatic carbocycles. The van der Waals surface area contributed by atoms with E-state index in [1.54, 1.807) is 0 Å². The van der Waals surface area contributed by atoms with Gasteiger partial charge in [-0.05, 0) is 44.9 Å². The van der Waals surface area contributed by atoms with Crippen LogP contribution in [0, 0.1) is 17.3 Å². The minimum Gasteiger partial charge on any atom is -0.376 e. The first-order valence-electron chi connectivity index (χ1n) is 12.4. The Morgan fingerprint density at radius 1 is 1.09 bits per heavy atom. The molecule has 3 heterocycles. The quantitative estimate of drug-likeness (QED) is 0.579. The maximum Gasteiger partial charge on any atom is 0.247 e. The van der Waals surface area contributed by atoms with Crippen LogP contribution in [0.4, 0.5) is 0 Å². The second-order valence-corrected chi connectivity index (χ2v) is 12.6. The molecule has 9 heteroatoms. The van der Waals surface area contributed by atoms with E-state index in [1.165, 1.54) is 19.3 Å². The number of piperidine rings is 1. The molecule has 182 valence electrons. The molecule has 4 fully saturated rings.